The molecule has 2 aliphatic rings. The van der Waals surface area contributed by atoms with Crippen LogP contribution in [0, 0.1) is 12.3 Å². The van der Waals surface area contributed by atoms with E-state index in [0.29, 0.717) is 6.54 Å². The van der Waals surface area contributed by atoms with Gasteiger partial charge in [0.2, 0.25) is 10.0 Å². The maximum absolute atomic E-state index is 12.3. The van der Waals surface area contributed by atoms with Crippen LogP contribution in [0.2, 0.25) is 0 Å². The highest BCUT2D eigenvalue weighted by atomic mass is 32.2. The Hall–Kier alpha value is -1.64. The Balaban J connectivity index is 1.55. The lowest BCUT2D eigenvalue weighted by Gasteiger charge is -2.25. The number of guanidine groups is 1. The van der Waals surface area contributed by atoms with Crippen molar-refractivity contribution in [2.45, 2.75) is 31.6 Å². The normalized spacial score (nSPS) is 23.3. The molecule has 27 heavy (non-hydrogen) atoms. The number of rotatable bonds is 6. The average molecular weight is 395 g/mol. The van der Waals surface area contributed by atoms with E-state index in [0.717, 1.165) is 57.2 Å². The molecule has 2 aliphatic heterocycles. The zero-order valence-corrected chi connectivity index (χ0v) is 17.0. The van der Waals surface area contributed by atoms with Gasteiger partial charge in [0.15, 0.2) is 5.96 Å². The molecule has 7 nitrogen and oxygen atoms in total. The van der Waals surface area contributed by atoms with Crippen LogP contribution in [-0.2, 0) is 14.8 Å². The van der Waals surface area contributed by atoms with Gasteiger partial charge in [0.25, 0.3) is 0 Å². The maximum Gasteiger partial charge on any atom is 0.240 e. The number of sulfonamides is 1. The summed E-state index contributed by atoms with van der Waals surface area (Å²) in [5, 5.41) is 3.32. The van der Waals surface area contributed by atoms with Crippen molar-refractivity contribution < 1.29 is 13.2 Å². The molecule has 1 atom stereocenters. The van der Waals surface area contributed by atoms with E-state index >= 15 is 0 Å². The van der Waals surface area contributed by atoms with Crippen molar-refractivity contribution in [3.05, 3.63) is 29.8 Å². The lowest BCUT2D eigenvalue weighted by Crippen LogP contribution is -2.42. The van der Waals surface area contributed by atoms with E-state index in [2.05, 4.69) is 19.9 Å². The lowest BCUT2D eigenvalue weighted by molar-refractivity contribution is 0.156. The van der Waals surface area contributed by atoms with Gasteiger partial charge in [-0.1, -0.05) is 17.7 Å². The molecule has 2 heterocycles. The largest absolute Gasteiger partial charge is 0.381 e. The summed E-state index contributed by atoms with van der Waals surface area (Å²) in [6.45, 7) is 9.02. The Morgan fingerprint density at radius 2 is 2.07 bits per heavy atom. The molecule has 0 bridgehead atoms. The first-order valence-electron chi connectivity index (χ1n) is 9.61. The number of benzene rings is 1. The van der Waals surface area contributed by atoms with Gasteiger partial charge in [-0.3, -0.25) is 4.99 Å². The van der Waals surface area contributed by atoms with Crippen LogP contribution in [0.1, 0.15) is 25.3 Å². The molecule has 0 saturated carbocycles. The number of nitrogens with one attached hydrogen (secondary N) is 2. The van der Waals surface area contributed by atoms with E-state index in [1.807, 2.05) is 13.8 Å². The molecule has 8 heteroatoms. The fourth-order valence-electron chi connectivity index (χ4n) is 3.66. The van der Waals surface area contributed by atoms with Crippen LogP contribution in [0.25, 0.3) is 0 Å². The lowest BCUT2D eigenvalue weighted by atomic mass is 9.87. The number of hydrogen-bond acceptors (Lipinski definition) is 4. The molecule has 0 aromatic heterocycles. The molecule has 1 aromatic rings. The third-order valence-corrected chi connectivity index (χ3v) is 6.73. The summed E-state index contributed by atoms with van der Waals surface area (Å²) in [6, 6.07) is 6.84. The quantitative estimate of drug-likeness (QED) is 0.432. The van der Waals surface area contributed by atoms with Crippen LogP contribution < -0.4 is 10.0 Å². The third-order valence-electron chi connectivity index (χ3n) is 5.25. The Labute approximate surface area is 162 Å². The summed E-state index contributed by atoms with van der Waals surface area (Å²) in [7, 11) is -3.49. The van der Waals surface area contributed by atoms with Crippen LogP contribution >= 0.6 is 0 Å². The highest BCUT2D eigenvalue weighted by Gasteiger charge is 2.42. The predicted molar refractivity (Wildman–Crippen MR) is 106 cm³/mol. The molecule has 2 N–H and O–H groups in total. The summed E-state index contributed by atoms with van der Waals surface area (Å²) >= 11 is 0. The van der Waals surface area contributed by atoms with Gasteiger partial charge in [0, 0.05) is 38.2 Å². The Kier molecular flexibility index (Phi) is 6.39. The van der Waals surface area contributed by atoms with Crippen molar-refractivity contribution in [3.63, 3.8) is 0 Å². The monoisotopic (exact) mass is 394 g/mol. The van der Waals surface area contributed by atoms with Gasteiger partial charge < -0.3 is 15.0 Å². The fourth-order valence-corrected chi connectivity index (χ4v) is 4.68. The highest BCUT2D eigenvalue weighted by Crippen LogP contribution is 2.38. The first kappa shape index (κ1) is 20.1. The minimum Gasteiger partial charge on any atom is -0.381 e. The van der Waals surface area contributed by atoms with Crippen LogP contribution in [0.3, 0.4) is 0 Å². The first-order chi connectivity index (χ1) is 12.9. The Morgan fingerprint density at radius 3 is 2.74 bits per heavy atom. The van der Waals surface area contributed by atoms with E-state index < -0.39 is 10.0 Å². The molecular formula is C19H30N4O3S. The number of likely N-dealkylation sites (tertiary alicyclic amines) is 1. The van der Waals surface area contributed by atoms with Crippen molar-refractivity contribution in [1.82, 2.24) is 14.9 Å². The first-order valence-corrected chi connectivity index (χ1v) is 11.1. The predicted octanol–water partition coefficient (Wildman–Crippen LogP) is 1.35. The minimum absolute atomic E-state index is 0.267. The molecular weight excluding hydrogens is 364 g/mol. The van der Waals surface area contributed by atoms with E-state index in [1.54, 1.807) is 24.3 Å². The molecule has 1 aromatic carbocycles. The number of ether oxygens (including phenoxy) is 1. The average Bonchev–Trinajstić information content (AvgIpc) is 3.28. The zero-order chi connectivity index (χ0) is 19.3. The van der Waals surface area contributed by atoms with E-state index in [9.17, 15) is 8.42 Å². The summed E-state index contributed by atoms with van der Waals surface area (Å²) in [5.41, 5.74) is 1.30. The third kappa shape index (κ3) is 5.00. The minimum atomic E-state index is -3.49. The smallest absolute Gasteiger partial charge is 0.240 e. The van der Waals surface area contributed by atoms with Crippen molar-refractivity contribution >= 4 is 16.0 Å². The molecule has 150 valence electrons. The summed E-state index contributed by atoms with van der Waals surface area (Å²) < 4.78 is 32.9. The number of aryl methyl sites for hydroxylation is 1. The van der Waals surface area contributed by atoms with Gasteiger partial charge in [-0.2, -0.15) is 0 Å². The van der Waals surface area contributed by atoms with E-state index in [4.69, 9.17) is 4.74 Å². The van der Waals surface area contributed by atoms with Gasteiger partial charge in [-0.05, 0) is 38.8 Å². The summed E-state index contributed by atoms with van der Waals surface area (Å²) in [5.74, 6) is 0.857. The summed E-state index contributed by atoms with van der Waals surface area (Å²) in [4.78, 5) is 7.18. The SMILES string of the molecule is CCNC(=NCCNS(=O)(=O)c1ccc(C)cc1)N1CCC2(CCOC2)C1. The van der Waals surface area contributed by atoms with Gasteiger partial charge in [-0.15, -0.1) is 0 Å². The topological polar surface area (TPSA) is 83.0 Å². The Bertz CT molecular complexity index is 756. The van der Waals surface area contributed by atoms with E-state index in [1.165, 1.54) is 0 Å². The molecule has 0 radical (unpaired) electrons. The number of aliphatic imine (C=N–C) groups is 1. The molecule has 0 aliphatic carbocycles. The molecule has 0 amide bonds. The van der Waals surface area contributed by atoms with Crippen molar-refractivity contribution in [2.75, 3.05) is 45.9 Å². The summed E-state index contributed by atoms with van der Waals surface area (Å²) in [6.07, 6.45) is 2.23. The molecule has 2 saturated heterocycles. The van der Waals surface area contributed by atoms with Crippen molar-refractivity contribution in [1.29, 1.82) is 0 Å². The molecule has 3 rings (SSSR count). The van der Waals surface area contributed by atoms with Gasteiger partial charge >= 0.3 is 0 Å². The van der Waals surface area contributed by atoms with Crippen molar-refractivity contribution in [3.8, 4) is 0 Å². The van der Waals surface area contributed by atoms with Gasteiger partial charge in [-0.25, -0.2) is 13.1 Å². The molecule has 1 unspecified atom stereocenters. The number of hydrogen-bond donors (Lipinski definition) is 2. The second-order valence-electron chi connectivity index (χ2n) is 7.42. The maximum atomic E-state index is 12.3. The standard InChI is InChI=1S/C19H30N4O3S/c1-3-20-18(23-12-8-19(14-23)9-13-26-15-19)21-10-11-22-27(24,25)17-6-4-16(2)5-7-17/h4-7,22H,3,8-15H2,1-2H3,(H,20,21). The van der Waals surface area contributed by atoms with Crippen LogP contribution in [0.15, 0.2) is 34.2 Å². The van der Waals surface area contributed by atoms with Crippen LogP contribution in [0.5, 0.6) is 0 Å². The fraction of sp³-hybridized carbons (Fsp3) is 0.632. The van der Waals surface area contributed by atoms with E-state index in [-0.39, 0.29) is 16.9 Å². The molecule has 2 fully saturated rings. The van der Waals surface area contributed by atoms with Crippen molar-refractivity contribution in [2.24, 2.45) is 10.4 Å². The Morgan fingerprint density at radius 1 is 1.30 bits per heavy atom. The molecule has 1 spiro atoms. The highest BCUT2D eigenvalue weighted by molar-refractivity contribution is 7.89. The second kappa shape index (κ2) is 8.58. The zero-order valence-electron chi connectivity index (χ0n) is 16.2. The van der Waals surface area contributed by atoms with Crippen LogP contribution in [-0.4, -0.2) is 65.2 Å². The number of nitrogens with zero attached hydrogens (tertiary/aromatic N) is 2. The van der Waals surface area contributed by atoms with Crippen LogP contribution in [0.4, 0.5) is 0 Å². The second-order valence-corrected chi connectivity index (χ2v) is 9.19. The van der Waals surface area contributed by atoms with Gasteiger partial charge in [0.1, 0.15) is 0 Å². The van der Waals surface area contributed by atoms with Gasteiger partial charge in [0.05, 0.1) is 18.0 Å².